The second-order valence-electron chi connectivity index (χ2n) is 9.42. The topological polar surface area (TPSA) is 69.6 Å². The van der Waals surface area contributed by atoms with Gasteiger partial charge in [0.2, 0.25) is 5.91 Å². The zero-order chi connectivity index (χ0) is 23.3. The zero-order valence-electron chi connectivity index (χ0n) is 19.5. The Morgan fingerprint density at radius 3 is 2.32 bits per heavy atom. The number of carbonyl (C=O) groups is 1. The van der Waals surface area contributed by atoms with Crippen molar-refractivity contribution in [2.45, 2.75) is 77.9 Å². The molecule has 0 heterocycles. The van der Waals surface area contributed by atoms with Crippen LogP contribution in [-0.4, -0.2) is 28.8 Å². The maximum atomic E-state index is 12.8. The first-order chi connectivity index (χ1) is 14.4. The molecule has 0 saturated carbocycles. The lowest BCUT2D eigenvalue weighted by Crippen LogP contribution is -2.40. The summed E-state index contributed by atoms with van der Waals surface area (Å²) in [5.74, 6) is 0.413. The number of amides is 1. The second kappa shape index (κ2) is 10.6. The Morgan fingerprint density at radius 2 is 1.77 bits per heavy atom. The lowest BCUT2D eigenvalue weighted by atomic mass is 9.84. The van der Waals surface area contributed by atoms with Crippen LogP contribution in [-0.2, 0) is 23.2 Å². The Kier molecular flexibility index (Phi) is 8.70. The average molecular weight is 446 g/mol. The van der Waals surface area contributed by atoms with Gasteiger partial charge in [-0.2, -0.15) is 0 Å². The highest BCUT2D eigenvalue weighted by Gasteiger charge is 2.25. The van der Waals surface area contributed by atoms with Crippen LogP contribution < -0.4 is 5.32 Å². The van der Waals surface area contributed by atoms with E-state index in [1.165, 1.54) is 0 Å². The number of hydrogen-bond acceptors (Lipinski definition) is 3. The first-order valence-corrected chi connectivity index (χ1v) is 11.3. The first-order valence-electron chi connectivity index (χ1n) is 11.0. The first kappa shape index (κ1) is 25.4. The maximum Gasteiger partial charge on any atom is 0.224 e. The molecule has 2 rings (SSSR count). The third-order valence-corrected chi connectivity index (χ3v) is 5.99. The Morgan fingerprint density at radius 1 is 1.10 bits per heavy atom. The number of halogens is 1. The average Bonchev–Trinajstić information content (AvgIpc) is 2.67. The van der Waals surface area contributed by atoms with Gasteiger partial charge in [-0.05, 0) is 66.0 Å². The number of hydrogen-bond donors (Lipinski definition) is 3. The van der Waals surface area contributed by atoms with E-state index < -0.39 is 11.6 Å². The van der Waals surface area contributed by atoms with Crippen LogP contribution in [0, 0.1) is 0 Å². The van der Waals surface area contributed by atoms with Gasteiger partial charge in [0.15, 0.2) is 0 Å². The second-order valence-corrected chi connectivity index (χ2v) is 9.83. The van der Waals surface area contributed by atoms with Crippen LogP contribution in [0.5, 0.6) is 0 Å². The molecule has 0 fully saturated rings. The van der Waals surface area contributed by atoms with E-state index in [1.54, 1.807) is 13.8 Å². The van der Waals surface area contributed by atoms with Crippen molar-refractivity contribution in [3.8, 4) is 0 Å². The molecule has 0 bridgehead atoms. The molecule has 5 heteroatoms. The van der Waals surface area contributed by atoms with E-state index in [2.05, 4.69) is 33.0 Å². The van der Waals surface area contributed by atoms with Gasteiger partial charge in [-0.25, -0.2) is 0 Å². The summed E-state index contributed by atoms with van der Waals surface area (Å²) in [6, 6.07) is 11.2. The monoisotopic (exact) mass is 445 g/mol. The molecule has 1 unspecified atom stereocenters. The van der Waals surface area contributed by atoms with Crippen LogP contribution in [0.25, 0.3) is 0 Å². The molecule has 2 aromatic rings. The van der Waals surface area contributed by atoms with Crippen molar-refractivity contribution in [2.75, 3.05) is 6.61 Å². The molecule has 3 N–H and O–H groups in total. The van der Waals surface area contributed by atoms with E-state index in [0.29, 0.717) is 17.4 Å². The molecule has 0 aliphatic heterocycles. The Bertz CT molecular complexity index is 900. The van der Waals surface area contributed by atoms with Gasteiger partial charge in [-0.1, -0.05) is 69.6 Å². The summed E-state index contributed by atoms with van der Waals surface area (Å²) in [5.41, 5.74) is 3.80. The van der Waals surface area contributed by atoms with E-state index in [4.69, 9.17) is 11.6 Å². The van der Waals surface area contributed by atoms with Crippen LogP contribution in [0.4, 0.5) is 0 Å². The SMILES string of the molecule is CC(C)c1ccc(Cl)c(CC(=O)NC(CO)Cc2c(C(C)C)cccc2C(C)(C)O)c1. The fraction of sp³-hybridized carbons (Fsp3) is 0.500. The fourth-order valence-electron chi connectivity index (χ4n) is 3.90. The van der Waals surface area contributed by atoms with Crippen LogP contribution in [0.2, 0.25) is 5.02 Å². The predicted octanol–water partition coefficient (Wildman–Crippen LogP) is 5.08. The van der Waals surface area contributed by atoms with Crippen LogP contribution in [0.15, 0.2) is 36.4 Å². The smallest absolute Gasteiger partial charge is 0.224 e. The van der Waals surface area contributed by atoms with Crippen LogP contribution in [0.1, 0.15) is 81.2 Å². The zero-order valence-corrected chi connectivity index (χ0v) is 20.3. The third-order valence-electron chi connectivity index (χ3n) is 5.62. The summed E-state index contributed by atoms with van der Waals surface area (Å²) in [6.07, 6.45) is 0.593. The molecule has 4 nitrogen and oxygen atoms in total. The number of aliphatic hydroxyl groups is 2. The van der Waals surface area contributed by atoms with Crippen molar-refractivity contribution in [1.82, 2.24) is 5.32 Å². The number of nitrogens with one attached hydrogen (secondary N) is 1. The molecule has 0 aliphatic carbocycles. The Balaban J connectivity index is 2.23. The molecule has 2 aromatic carbocycles. The van der Waals surface area contributed by atoms with E-state index >= 15 is 0 Å². The predicted molar refractivity (Wildman–Crippen MR) is 128 cm³/mol. The third kappa shape index (κ3) is 6.80. The van der Waals surface area contributed by atoms with E-state index in [9.17, 15) is 15.0 Å². The van der Waals surface area contributed by atoms with Crippen molar-refractivity contribution in [1.29, 1.82) is 0 Å². The lowest BCUT2D eigenvalue weighted by molar-refractivity contribution is -0.121. The number of benzene rings is 2. The standard InChI is InChI=1S/C26H36ClNO3/c1-16(2)18-10-11-24(27)19(12-18)13-25(30)28-20(15-29)14-22-21(17(3)4)8-7-9-23(22)26(5,6)31/h7-12,16-17,20,29,31H,13-15H2,1-6H3,(H,28,30). The lowest BCUT2D eigenvalue weighted by Gasteiger charge is -2.27. The highest BCUT2D eigenvalue weighted by molar-refractivity contribution is 6.31. The van der Waals surface area contributed by atoms with Gasteiger partial charge >= 0.3 is 0 Å². The highest BCUT2D eigenvalue weighted by atomic mass is 35.5. The molecule has 0 spiro atoms. The van der Waals surface area contributed by atoms with Gasteiger partial charge in [0.25, 0.3) is 0 Å². The van der Waals surface area contributed by atoms with Crippen LogP contribution in [0.3, 0.4) is 0 Å². The summed E-state index contributed by atoms with van der Waals surface area (Å²) >= 11 is 6.31. The fourth-order valence-corrected chi connectivity index (χ4v) is 4.08. The molecule has 0 aliphatic rings. The van der Waals surface area contributed by atoms with Crippen molar-refractivity contribution in [3.05, 3.63) is 69.2 Å². The van der Waals surface area contributed by atoms with Crippen molar-refractivity contribution in [2.24, 2.45) is 0 Å². The Labute approximate surface area is 191 Å². The summed E-state index contributed by atoms with van der Waals surface area (Å²) in [7, 11) is 0. The number of aliphatic hydroxyl groups excluding tert-OH is 1. The largest absolute Gasteiger partial charge is 0.394 e. The minimum atomic E-state index is -1.02. The summed E-state index contributed by atoms with van der Waals surface area (Å²) < 4.78 is 0. The van der Waals surface area contributed by atoms with Gasteiger partial charge in [-0.15, -0.1) is 0 Å². The number of rotatable bonds is 9. The van der Waals surface area contributed by atoms with E-state index in [1.807, 2.05) is 36.4 Å². The van der Waals surface area contributed by atoms with Gasteiger partial charge in [-0.3, -0.25) is 4.79 Å². The van der Waals surface area contributed by atoms with Crippen molar-refractivity contribution in [3.63, 3.8) is 0 Å². The molecule has 0 radical (unpaired) electrons. The molecular weight excluding hydrogens is 410 g/mol. The van der Waals surface area contributed by atoms with Gasteiger partial charge < -0.3 is 15.5 Å². The molecule has 0 saturated heterocycles. The van der Waals surface area contributed by atoms with Crippen LogP contribution >= 0.6 is 11.6 Å². The normalized spacial score (nSPS) is 13.0. The maximum absolute atomic E-state index is 12.8. The Hall–Kier alpha value is -1.88. The van der Waals surface area contributed by atoms with Gasteiger partial charge in [0.1, 0.15) is 0 Å². The summed E-state index contributed by atoms with van der Waals surface area (Å²) in [4.78, 5) is 12.8. The minimum absolute atomic E-state index is 0.153. The van der Waals surface area contributed by atoms with Crippen molar-refractivity contribution < 1.29 is 15.0 Å². The molecule has 31 heavy (non-hydrogen) atoms. The number of carbonyl (C=O) groups excluding carboxylic acids is 1. The quantitative estimate of drug-likeness (QED) is 0.504. The van der Waals surface area contributed by atoms with E-state index in [-0.39, 0.29) is 24.9 Å². The molecule has 1 atom stereocenters. The van der Waals surface area contributed by atoms with Crippen molar-refractivity contribution >= 4 is 17.5 Å². The molecule has 0 aromatic heterocycles. The summed E-state index contributed by atoms with van der Waals surface area (Å²) in [6.45, 7) is 11.7. The highest BCUT2D eigenvalue weighted by Crippen LogP contribution is 2.31. The van der Waals surface area contributed by atoms with E-state index in [0.717, 1.165) is 27.8 Å². The summed E-state index contributed by atoms with van der Waals surface area (Å²) in [5, 5.41) is 24.2. The molecule has 1 amide bonds. The minimum Gasteiger partial charge on any atom is -0.394 e. The molecular formula is C26H36ClNO3. The molecule has 170 valence electrons. The van der Waals surface area contributed by atoms with Gasteiger partial charge in [0.05, 0.1) is 24.7 Å². The van der Waals surface area contributed by atoms with Gasteiger partial charge in [0, 0.05) is 5.02 Å².